The minimum Gasteiger partial charge on any atom is -0.481 e. The molecule has 0 unspecified atom stereocenters. The van der Waals surface area contributed by atoms with Crippen LogP contribution in [0.5, 0.6) is 5.75 Å². The monoisotopic (exact) mass is 497 g/mol. The summed E-state index contributed by atoms with van der Waals surface area (Å²) in [6, 6.07) is 12.2. The molecule has 1 N–H and O–H groups in total. The van der Waals surface area contributed by atoms with E-state index in [1.54, 1.807) is 31.2 Å². The molecule has 1 atom stereocenters. The number of ether oxygens (including phenoxy) is 2. The van der Waals surface area contributed by atoms with Crippen molar-refractivity contribution in [2.75, 3.05) is 49.2 Å². The van der Waals surface area contributed by atoms with Crippen molar-refractivity contribution in [2.24, 2.45) is 0 Å². The maximum Gasteiger partial charge on any atom is 0.265 e. The molecule has 2 aromatic rings. The molecule has 0 bridgehead atoms. The Morgan fingerprint density at radius 1 is 1.03 bits per heavy atom. The van der Waals surface area contributed by atoms with Crippen LogP contribution in [-0.4, -0.2) is 72.8 Å². The van der Waals surface area contributed by atoms with Gasteiger partial charge in [0.1, 0.15) is 5.75 Å². The molecule has 0 radical (unpaired) electrons. The van der Waals surface area contributed by atoms with Gasteiger partial charge in [-0.1, -0.05) is 0 Å². The van der Waals surface area contributed by atoms with Crippen LogP contribution < -0.4 is 14.4 Å². The molecule has 3 rings (SSSR count). The zero-order valence-corrected chi connectivity index (χ0v) is 20.2. The molecule has 1 saturated heterocycles. The van der Waals surface area contributed by atoms with E-state index in [0.717, 1.165) is 10.6 Å². The summed E-state index contributed by atoms with van der Waals surface area (Å²) in [6.07, 6.45) is 0.259. The minimum absolute atomic E-state index is 0.144. The number of sulfonamides is 2. The molecule has 10 nitrogen and oxygen atoms in total. The van der Waals surface area contributed by atoms with E-state index in [0.29, 0.717) is 43.4 Å². The Kier molecular flexibility index (Phi) is 7.62. The van der Waals surface area contributed by atoms with Gasteiger partial charge in [0, 0.05) is 25.8 Å². The van der Waals surface area contributed by atoms with Crippen LogP contribution in [0.15, 0.2) is 53.4 Å². The molecular formula is C21H27N3O7S2. The fourth-order valence-electron chi connectivity index (χ4n) is 3.07. The van der Waals surface area contributed by atoms with E-state index in [2.05, 4.69) is 5.32 Å². The predicted octanol–water partition coefficient (Wildman–Crippen LogP) is 1.51. The summed E-state index contributed by atoms with van der Waals surface area (Å²) in [6.45, 7) is 2.91. The first-order valence-corrected chi connectivity index (χ1v) is 13.5. The van der Waals surface area contributed by atoms with Gasteiger partial charge in [-0.05, 0) is 55.5 Å². The van der Waals surface area contributed by atoms with Crippen molar-refractivity contribution < 1.29 is 31.1 Å². The van der Waals surface area contributed by atoms with Crippen molar-refractivity contribution in [3.8, 4) is 5.75 Å². The normalized spacial score (nSPS) is 16.1. The number of rotatable bonds is 8. The van der Waals surface area contributed by atoms with Crippen molar-refractivity contribution in [2.45, 2.75) is 17.9 Å². The van der Waals surface area contributed by atoms with Crippen LogP contribution in [0.1, 0.15) is 6.92 Å². The van der Waals surface area contributed by atoms with E-state index in [-0.39, 0.29) is 4.90 Å². The standard InChI is InChI=1S/C21H27N3O7S2/c1-16(31-19-8-6-18(7-9-19)23(2)32(3,26)27)21(25)22-17-4-10-20(11-5-17)33(28,29)24-12-14-30-15-13-24/h4-11,16H,12-15H2,1-3H3,(H,22,25)/t16-/m1/s1. The van der Waals surface area contributed by atoms with Crippen molar-refractivity contribution in [1.29, 1.82) is 0 Å². The lowest BCUT2D eigenvalue weighted by Crippen LogP contribution is -2.40. The van der Waals surface area contributed by atoms with Crippen LogP contribution >= 0.6 is 0 Å². The largest absolute Gasteiger partial charge is 0.481 e. The lowest BCUT2D eigenvalue weighted by molar-refractivity contribution is -0.122. The quantitative estimate of drug-likeness (QED) is 0.587. The molecule has 0 saturated carbocycles. The number of hydrogen-bond acceptors (Lipinski definition) is 7. The van der Waals surface area contributed by atoms with Crippen LogP contribution in [0.25, 0.3) is 0 Å². The van der Waals surface area contributed by atoms with Crippen molar-refractivity contribution >= 4 is 37.3 Å². The third-order valence-electron chi connectivity index (χ3n) is 5.11. The van der Waals surface area contributed by atoms with E-state index in [9.17, 15) is 21.6 Å². The van der Waals surface area contributed by atoms with Gasteiger partial charge in [0.25, 0.3) is 5.91 Å². The second-order valence-corrected chi connectivity index (χ2v) is 11.5. The Morgan fingerprint density at radius 2 is 1.61 bits per heavy atom. The van der Waals surface area contributed by atoms with Crippen molar-refractivity contribution in [1.82, 2.24) is 4.31 Å². The number of carbonyl (C=O) groups is 1. The van der Waals surface area contributed by atoms with Gasteiger partial charge in [0.05, 0.1) is 30.1 Å². The van der Waals surface area contributed by atoms with Crippen LogP contribution in [0.3, 0.4) is 0 Å². The number of anilines is 2. The topological polar surface area (TPSA) is 122 Å². The Balaban J connectivity index is 1.59. The Bertz CT molecular complexity index is 1180. The molecule has 1 amide bonds. The lowest BCUT2D eigenvalue weighted by atomic mass is 10.3. The number of nitrogens with zero attached hydrogens (tertiary/aromatic N) is 2. The van der Waals surface area contributed by atoms with Gasteiger partial charge in [-0.2, -0.15) is 4.31 Å². The van der Waals surface area contributed by atoms with E-state index >= 15 is 0 Å². The third-order valence-corrected chi connectivity index (χ3v) is 8.23. The first-order valence-electron chi connectivity index (χ1n) is 10.2. The summed E-state index contributed by atoms with van der Waals surface area (Å²) in [5, 5.41) is 2.69. The molecule has 1 heterocycles. The van der Waals surface area contributed by atoms with E-state index in [1.165, 1.54) is 35.6 Å². The van der Waals surface area contributed by atoms with Gasteiger partial charge in [-0.15, -0.1) is 0 Å². The molecule has 0 spiro atoms. The highest BCUT2D eigenvalue weighted by Crippen LogP contribution is 2.22. The van der Waals surface area contributed by atoms with Crippen LogP contribution in [0.4, 0.5) is 11.4 Å². The van der Waals surface area contributed by atoms with Gasteiger partial charge in [0.15, 0.2) is 6.10 Å². The van der Waals surface area contributed by atoms with Gasteiger partial charge in [-0.25, -0.2) is 16.8 Å². The molecule has 0 aliphatic carbocycles. The second kappa shape index (κ2) is 10.1. The Hall–Kier alpha value is -2.67. The molecule has 1 aliphatic rings. The summed E-state index contributed by atoms with van der Waals surface area (Å²) in [5.41, 5.74) is 0.899. The van der Waals surface area contributed by atoms with Crippen LogP contribution in [-0.2, 0) is 29.6 Å². The van der Waals surface area contributed by atoms with Gasteiger partial charge >= 0.3 is 0 Å². The zero-order valence-electron chi connectivity index (χ0n) is 18.6. The summed E-state index contributed by atoms with van der Waals surface area (Å²) < 4.78 is 61.9. The Morgan fingerprint density at radius 3 is 2.15 bits per heavy atom. The smallest absolute Gasteiger partial charge is 0.265 e. The van der Waals surface area contributed by atoms with Crippen LogP contribution in [0.2, 0.25) is 0 Å². The molecule has 1 aliphatic heterocycles. The number of amides is 1. The lowest BCUT2D eigenvalue weighted by Gasteiger charge is -2.26. The minimum atomic E-state index is -3.61. The molecule has 0 aromatic heterocycles. The fourth-order valence-corrected chi connectivity index (χ4v) is 4.99. The molecular weight excluding hydrogens is 470 g/mol. The number of benzene rings is 2. The van der Waals surface area contributed by atoms with E-state index in [4.69, 9.17) is 9.47 Å². The van der Waals surface area contributed by atoms with E-state index in [1.807, 2.05) is 0 Å². The summed E-state index contributed by atoms with van der Waals surface area (Å²) in [7, 11) is -5.54. The predicted molar refractivity (Wildman–Crippen MR) is 124 cm³/mol. The number of morpholine rings is 1. The number of hydrogen-bond donors (Lipinski definition) is 1. The average molecular weight is 498 g/mol. The SMILES string of the molecule is C[C@@H](Oc1ccc(N(C)S(C)(=O)=O)cc1)C(=O)Nc1ccc(S(=O)(=O)N2CCOCC2)cc1. The number of nitrogens with one attached hydrogen (secondary N) is 1. The van der Waals surface area contributed by atoms with Gasteiger partial charge in [0.2, 0.25) is 20.0 Å². The highest BCUT2D eigenvalue weighted by Gasteiger charge is 2.26. The second-order valence-electron chi connectivity index (χ2n) is 7.51. The molecule has 33 heavy (non-hydrogen) atoms. The number of carbonyl (C=O) groups excluding carboxylic acids is 1. The first kappa shape index (κ1) is 25.0. The highest BCUT2D eigenvalue weighted by molar-refractivity contribution is 7.92. The van der Waals surface area contributed by atoms with Crippen molar-refractivity contribution in [3.63, 3.8) is 0 Å². The zero-order chi connectivity index (χ0) is 24.2. The van der Waals surface area contributed by atoms with Gasteiger partial charge < -0.3 is 14.8 Å². The van der Waals surface area contributed by atoms with Crippen molar-refractivity contribution in [3.05, 3.63) is 48.5 Å². The molecule has 2 aromatic carbocycles. The first-order chi connectivity index (χ1) is 15.5. The third kappa shape index (κ3) is 6.22. The summed E-state index contributed by atoms with van der Waals surface area (Å²) in [5.74, 6) is -0.0219. The fraction of sp³-hybridized carbons (Fsp3) is 0.381. The summed E-state index contributed by atoms with van der Waals surface area (Å²) >= 11 is 0. The van der Waals surface area contributed by atoms with Gasteiger partial charge in [-0.3, -0.25) is 9.10 Å². The molecule has 12 heteroatoms. The molecule has 180 valence electrons. The average Bonchev–Trinajstić information content (AvgIpc) is 2.79. The van der Waals surface area contributed by atoms with Crippen LogP contribution in [0, 0.1) is 0 Å². The highest BCUT2D eigenvalue weighted by atomic mass is 32.2. The summed E-state index contributed by atoms with van der Waals surface area (Å²) in [4.78, 5) is 12.6. The maximum atomic E-state index is 12.7. The van der Waals surface area contributed by atoms with E-state index < -0.39 is 32.1 Å². The molecule has 1 fully saturated rings. The maximum absolute atomic E-state index is 12.7. The Labute approximate surface area is 194 Å².